The van der Waals surface area contributed by atoms with E-state index in [1.54, 1.807) is 78.9 Å². The lowest BCUT2D eigenvalue weighted by Gasteiger charge is -2.41. The predicted molar refractivity (Wildman–Crippen MR) is 213 cm³/mol. The van der Waals surface area contributed by atoms with Gasteiger partial charge in [-0.15, -0.1) is 0 Å². The van der Waals surface area contributed by atoms with Gasteiger partial charge in [0, 0.05) is 47.0 Å². The fourth-order valence-corrected chi connectivity index (χ4v) is 8.12. The number of esters is 4. The van der Waals surface area contributed by atoms with E-state index in [1.165, 1.54) is 18.7 Å². The van der Waals surface area contributed by atoms with Crippen molar-refractivity contribution in [2.24, 2.45) is 16.1 Å². The average Bonchev–Trinajstić information content (AvgIpc) is 3.54. The van der Waals surface area contributed by atoms with Crippen LogP contribution in [0.3, 0.4) is 0 Å². The molecule has 0 unspecified atom stereocenters. The molecule has 0 radical (unpaired) electrons. The normalized spacial score (nSPS) is 17.9. The third-order valence-corrected chi connectivity index (χ3v) is 10.5. The molecule has 0 fully saturated rings. The van der Waals surface area contributed by atoms with Crippen molar-refractivity contribution >= 4 is 52.9 Å². The van der Waals surface area contributed by atoms with E-state index >= 15 is 4.79 Å². The van der Waals surface area contributed by atoms with Gasteiger partial charge in [0.1, 0.15) is 17.1 Å². The molecule has 0 bridgehead atoms. The number of para-hydroxylation sites is 1. The number of thioether (sulfide) groups is 1. The smallest absolute Gasteiger partial charge is 0.303 e. The number of amides is 1. The molecule has 1 N–H and O–H groups in total. The molecular weight excluding hydrogens is 749 g/mol. The number of hydrogen-bond acceptors (Lipinski definition) is 13. The maximum Gasteiger partial charge on any atom is 0.303 e. The van der Waals surface area contributed by atoms with Gasteiger partial charge in [0.25, 0.3) is 0 Å². The average molecular weight is 793 g/mol. The number of carbonyl (C=O) groups is 5. The summed E-state index contributed by atoms with van der Waals surface area (Å²) in [6.45, 7) is 4.38. The highest BCUT2D eigenvalue weighted by atomic mass is 32.2. The number of rotatable bonds is 16. The van der Waals surface area contributed by atoms with Crippen molar-refractivity contribution in [1.82, 2.24) is 4.90 Å². The van der Waals surface area contributed by atoms with Crippen LogP contribution in [0.1, 0.15) is 38.8 Å². The summed E-state index contributed by atoms with van der Waals surface area (Å²) in [6.07, 6.45) is -4.77. The Kier molecular flexibility index (Phi) is 14.4. The summed E-state index contributed by atoms with van der Waals surface area (Å²) in [4.78, 5) is 68.4. The van der Waals surface area contributed by atoms with Crippen LogP contribution in [0.25, 0.3) is 0 Å². The third-order valence-electron chi connectivity index (χ3n) is 8.81. The number of nitrogens with one attached hydrogen (secondary N) is 1. The molecular formula is C43H44N4O9S. The zero-order valence-corrected chi connectivity index (χ0v) is 33.0. The van der Waals surface area contributed by atoms with Gasteiger partial charge in [0.05, 0.1) is 16.6 Å². The minimum absolute atomic E-state index is 0.201. The van der Waals surface area contributed by atoms with Gasteiger partial charge in [-0.1, -0.05) is 109 Å². The molecule has 0 aromatic heterocycles. The highest BCUT2D eigenvalue weighted by molar-refractivity contribution is 8.04. The fraction of sp³-hybridized carbons (Fsp3) is 0.279. The molecule has 0 aliphatic carbocycles. The molecule has 1 aliphatic rings. The standard InChI is InChI=1S/C43H44N4O9S/c1-28(48)53-27-36(54-29(2)49)39(55-30(3)50)40(56-31(4)51)37-38(46-45-35-24-16-9-17-25-35)41(47(5)26-32-18-10-6-11-19-32)57-43(37,33-20-12-7-13-21-33)42(52)44-34-22-14-8-15-23-34/h6-25,36-37,39-40H,26-27H2,1-5H3,(H,44,52)/t36-,37-,39-,40-,43+/m1/s1. The van der Waals surface area contributed by atoms with E-state index in [1.807, 2.05) is 54.4 Å². The minimum atomic E-state index is -1.75. The second-order valence-electron chi connectivity index (χ2n) is 13.2. The lowest BCUT2D eigenvalue weighted by molar-refractivity contribution is -0.193. The first-order valence-corrected chi connectivity index (χ1v) is 18.9. The summed E-state index contributed by atoms with van der Waals surface area (Å²) in [7, 11) is 1.84. The van der Waals surface area contributed by atoms with Crippen LogP contribution < -0.4 is 5.32 Å². The highest BCUT2D eigenvalue weighted by Crippen LogP contribution is 2.60. The van der Waals surface area contributed by atoms with Gasteiger partial charge in [0.2, 0.25) is 5.91 Å². The molecule has 13 nitrogen and oxygen atoms in total. The molecule has 5 atom stereocenters. The number of ether oxygens (including phenoxy) is 4. The van der Waals surface area contributed by atoms with Crippen LogP contribution in [0.5, 0.6) is 0 Å². The van der Waals surface area contributed by atoms with E-state index in [4.69, 9.17) is 24.1 Å². The molecule has 14 heteroatoms. The number of nitrogens with zero attached hydrogens (tertiary/aromatic N) is 3. The van der Waals surface area contributed by atoms with Crippen molar-refractivity contribution < 1.29 is 42.9 Å². The summed E-state index contributed by atoms with van der Waals surface area (Å²) in [5.41, 5.74) is 2.58. The molecule has 0 saturated carbocycles. The van der Waals surface area contributed by atoms with E-state index < -0.39 is 65.4 Å². The summed E-state index contributed by atoms with van der Waals surface area (Å²) >= 11 is 1.17. The first-order chi connectivity index (χ1) is 27.4. The van der Waals surface area contributed by atoms with Gasteiger partial charge < -0.3 is 29.2 Å². The van der Waals surface area contributed by atoms with Crippen LogP contribution in [-0.2, 0) is 54.2 Å². The van der Waals surface area contributed by atoms with Gasteiger partial charge in [-0.2, -0.15) is 10.2 Å². The first-order valence-electron chi connectivity index (χ1n) is 18.1. The lowest BCUT2D eigenvalue weighted by atomic mass is 9.76. The van der Waals surface area contributed by atoms with Crippen molar-refractivity contribution in [2.75, 3.05) is 19.0 Å². The summed E-state index contributed by atoms with van der Waals surface area (Å²) in [5.74, 6) is -5.01. The van der Waals surface area contributed by atoms with Gasteiger partial charge in [0.15, 0.2) is 18.3 Å². The Balaban J connectivity index is 1.87. The topological polar surface area (TPSA) is 162 Å². The van der Waals surface area contributed by atoms with Crippen LogP contribution in [0, 0.1) is 5.92 Å². The van der Waals surface area contributed by atoms with Crippen molar-refractivity contribution in [2.45, 2.75) is 57.3 Å². The predicted octanol–water partition coefficient (Wildman–Crippen LogP) is 7.33. The highest BCUT2D eigenvalue weighted by Gasteiger charge is 2.63. The molecule has 57 heavy (non-hydrogen) atoms. The van der Waals surface area contributed by atoms with Crippen LogP contribution in [0.2, 0.25) is 0 Å². The summed E-state index contributed by atoms with van der Waals surface area (Å²) in [6, 6.07) is 36.3. The Bertz CT molecular complexity index is 2080. The van der Waals surface area contributed by atoms with Crippen molar-refractivity contribution in [3.63, 3.8) is 0 Å². The number of hydrogen-bond donors (Lipinski definition) is 1. The molecule has 1 aliphatic heterocycles. The van der Waals surface area contributed by atoms with Gasteiger partial charge in [-0.3, -0.25) is 24.0 Å². The second kappa shape index (κ2) is 19.5. The number of anilines is 1. The number of carbonyl (C=O) groups excluding carboxylic acids is 5. The molecule has 1 amide bonds. The summed E-state index contributed by atoms with van der Waals surface area (Å²) < 4.78 is 21.3. The Hall–Kier alpha value is -6.28. The quantitative estimate of drug-likeness (QED) is 0.0687. The van der Waals surface area contributed by atoms with E-state index in [0.717, 1.165) is 26.3 Å². The largest absolute Gasteiger partial charge is 0.462 e. The maximum atomic E-state index is 15.4. The molecule has 1 heterocycles. The number of benzene rings is 4. The van der Waals surface area contributed by atoms with E-state index in [2.05, 4.69) is 10.4 Å². The Morgan fingerprint density at radius 3 is 1.81 bits per heavy atom. The third kappa shape index (κ3) is 10.7. The Labute approximate surface area is 335 Å². The van der Waals surface area contributed by atoms with Crippen molar-refractivity contribution in [3.8, 4) is 0 Å². The van der Waals surface area contributed by atoms with Crippen LogP contribution >= 0.6 is 11.8 Å². The van der Waals surface area contributed by atoms with Gasteiger partial charge >= 0.3 is 23.9 Å². The van der Waals surface area contributed by atoms with E-state index in [0.29, 0.717) is 28.5 Å². The Morgan fingerprint density at radius 1 is 0.702 bits per heavy atom. The maximum absolute atomic E-state index is 15.4. The molecule has 5 rings (SSSR count). The van der Waals surface area contributed by atoms with Crippen LogP contribution in [-0.4, -0.2) is 66.7 Å². The lowest BCUT2D eigenvalue weighted by Crippen LogP contribution is -2.56. The van der Waals surface area contributed by atoms with Gasteiger partial charge in [-0.25, -0.2) is 0 Å². The zero-order valence-electron chi connectivity index (χ0n) is 32.2. The van der Waals surface area contributed by atoms with Crippen molar-refractivity contribution in [1.29, 1.82) is 0 Å². The first kappa shape index (κ1) is 41.9. The summed E-state index contributed by atoms with van der Waals surface area (Å²) in [5, 5.41) is 13.0. The molecule has 0 spiro atoms. The van der Waals surface area contributed by atoms with E-state index in [9.17, 15) is 19.2 Å². The van der Waals surface area contributed by atoms with E-state index in [-0.39, 0.29) is 5.70 Å². The number of azo groups is 1. The fourth-order valence-electron chi connectivity index (χ4n) is 6.55. The second-order valence-corrected chi connectivity index (χ2v) is 14.4. The Morgan fingerprint density at radius 2 is 1.25 bits per heavy atom. The zero-order chi connectivity index (χ0) is 41.0. The minimum Gasteiger partial charge on any atom is -0.462 e. The SMILES string of the molecule is CC(=O)OC[C@@H](OC(C)=O)[C@@H](OC(C)=O)[C@H](OC(C)=O)[C@H]1C(N=Nc2ccccc2)=C(N(C)Cc2ccccc2)S[C@@]1(C(=O)Nc1ccccc1)c1ccccc1. The van der Waals surface area contributed by atoms with Gasteiger partial charge in [-0.05, 0) is 35.4 Å². The van der Waals surface area contributed by atoms with Crippen LogP contribution in [0.15, 0.2) is 142 Å². The monoisotopic (exact) mass is 792 g/mol. The van der Waals surface area contributed by atoms with Crippen molar-refractivity contribution in [3.05, 3.63) is 143 Å². The van der Waals surface area contributed by atoms with Crippen LogP contribution in [0.4, 0.5) is 11.4 Å². The molecule has 0 saturated heterocycles. The molecule has 296 valence electrons. The molecule has 4 aromatic carbocycles. The molecule has 4 aromatic rings.